The van der Waals surface area contributed by atoms with Crippen molar-refractivity contribution in [3.8, 4) is 22.5 Å². The Bertz CT molecular complexity index is 1700. The van der Waals surface area contributed by atoms with Crippen LogP contribution in [-0.4, -0.2) is 100 Å². The summed E-state index contributed by atoms with van der Waals surface area (Å²) in [7, 11) is 2.52. The molecule has 4 aromatic rings. The van der Waals surface area contributed by atoms with Gasteiger partial charge in [0.05, 0.1) is 38.3 Å². The number of rotatable bonds is 14. The fraction of sp³-hybridized carbons (Fsp3) is 0.562. The summed E-state index contributed by atoms with van der Waals surface area (Å²) in [5.41, 5.74) is 2.46. The van der Waals surface area contributed by atoms with E-state index >= 15 is 0 Å². The van der Waals surface area contributed by atoms with Crippen molar-refractivity contribution in [3.63, 3.8) is 0 Å². The van der Waals surface area contributed by atoms with Gasteiger partial charge in [-0.25, -0.2) is 19.2 Å². The van der Waals surface area contributed by atoms with Gasteiger partial charge in [0.2, 0.25) is 0 Å². The van der Waals surface area contributed by atoms with E-state index < -0.39 is 47.4 Å². The van der Waals surface area contributed by atoms with Crippen molar-refractivity contribution in [3.05, 3.63) is 24.5 Å². The van der Waals surface area contributed by atoms with E-state index in [4.69, 9.17) is 18.9 Å². The maximum Gasteiger partial charge on any atom is 0.408 e. The lowest BCUT2D eigenvalue weighted by Gasteiger charge is -2.22. The van der Waals surface area contributed by atoms with Crippen molar-refractivity contribution in [2.24, 2.45) is 0 Å². The van der Waals surface area contributed by atoms with Crippen LogP contribution in [0.2, 0.25) is 0 Å². The molecule has 0 saturated carbocycles. The number of methoxy groups -OCH3 is 2. The highest BCUT2D eigenvalue weighted by Gasteiger charge is 2.26. The summed E-state index contributed by atoms with van der Waals surface area (Å²) < 4.78 is 32.6. The van der Waals surface area contributed by atoms with Gasteiger partial charge in [-0.3, -0.25) is 9.36 Å². The molecule has 0 aliphatic heterocycles. The Hall–Kier alpha value is -5.20. The van der Waals surface area contributed by atoms with Gasteiger partial charge in [0.15, 0.2) is 0 Å². The van der Waals surface area contributed by atoms with Crippen molar-refractivity contribution >= 4 is 46.9 Å². The van der Waals surface area contributed by atoms with Crippen LogP contribution in [0, 0.1) is 0 Å². The molecule has 2 amide bonds. The van der Waals surface area contributed by atoms with Gasteiger partial charge in [-0.05, 0) is 79.4 Å². The van der Waals surface area contributed by atoms with Crippen LogP contribution in [-0.2, 0) is 41.6 Å². The highest BCUT2D eigenvalue weighted by molar-refractivity contribution is 7.00. The van der Waals surface area contributed by atoms with Crippen molar-refractivity contribution in [2.75, 3.05) is 14.2 Å². The molecule has 3 aromatic heterocycles. The van der Waals surface area contributed by atoms with Crippen LogP contribution in [0.15, 0.2) is 24.5 Å². The fourth-order valence-electron chi connectivity index (χ4n) is 4.94. The molecule has 4 rings (SSSR count). The summed E-state index contributed by atoms with van der Waals surface area (Å²) in [4.78, 5) is 49.0. The highest BCUT2D eigenvalue weighted by Crippen LogP contribution is 2.33. The normalized spacial score (nSPS) is 12.9. The molecule has 0 spiro atoms. The molecule has 18 nitrogen and oxygen atoms in total. The first-order valence-electron chi connectivity index (χ1n) is 16.3. The minimum Gasteiger partial charge on any atom is -0.467 e. The van der Waals surface area contributed by atoms with Gasteiger partial charge >= 0.3 is 24.1 Å². The zero-order chi connectivity index (χ0) is 37.3. The molecule has 0 radical (unpaired) electrons. The second-order valence-corrected chi connectivity index (χ2v) is 14.1. The lowest BCUT2D eigenvalue weighted by molar-refractivity contribution is -0.144. The number of nitrogens with zero attached hydrogens (tertiary/aromatic N) is 8. The van der Waals surface area contributed by atoms with E-state index in [1.54, 1.807) is 63.3 Å². The lowest BCUT2D eigenvalue weighted by Crippen LogP contribution is -2.44. The summed E-state index contributed by atoms with van der Waals surface area (Å²) in [6.07, 6.45) is 3.72. The number of aromatic nitrogens is 8. The topological polar surface area (TPSA) is 216 Å². The number of carbonyl (C=O) groups excluding carboxylic acids is 4. The van der Waals surface area contributed by atoms with E-state index in [1.165, 1.54) is 14.2 Å². The second kappa shape index (κ2) is 16.7. The molecule has 0 aliphatic rings. The number of ether oxygens (including phenoxy) is 4. The van der Waals surface area contributed by atoms with Gasteiger partial charge in [-0.1, -0.05) is 10.4 Å². The fourth-order valence-corrected chi connectivity index (χ4v) is 5.51. The van der Waals surface area contributed by atoms with Crippen molar-refractivity contribution < 1.29 is 38.1 Å². The average Bonchev–Trinajstić information content (AvgIpc) is 3.83. The van der Waals surface area contributed by atoms with E-state index in [0.717, 1.165) is 22.9 Å². The number of carbonyl (C=O) groups is 4. The first kappa shape index (κ1) is 38.6. The summed E-state index contributed by atoms with van der Waals surface area (Å²) >= 11 is 1.06. The van der Waals surface area contributed by atoms with Gasteiger partial charge in [0, 0.05) is 24.2 Å². The number of hydrogen-bond acceptors (Lipinski definition) is 15. The van der Waals surface area contributed by atoms with Crippen LogP contribution < -0.4 is 10.6 Å². The third-order valence-corrected chi connectivity index (χ3v) is 7.69. The van der Waals surface area contributed by atoms with Gasteiger partial charge in [-0.15, -0.1) is 10.2 Å². The van der Waals surface area contributed by atoms with Crippen LogP contribution >= 0.6 is 11.7 Å². The molecule has 276 valence electrons. The Morgan fingerprint density at radius 2 is 1.10 bits per heavy atom. The van der Waals surface area contributed by atoms with E-state index in [9.17, 15) is 19.2 Å². The van der Waals surface area contributed by atoms with Crippen molar-refractivity contribution in [2.45, 2.75) is 104 Å². The molecule has 0 aliphatic carbocycles. The van der Waals surface area contributed by atoms with Crippen LogP contribution in [0.5, 0.6) is 0 Å². The Kier molecular flexibility index (Phi) is 12.6. The minimum absolute atomic E-state index is 0.297. The summed E-state index contributed by atoms with van der Waals surface area (Å²) in [5.74, 6) is -1.14. The Balaban J connectivity index is 1.38. The zero-order valence-corrected chi connectivity index (χ0v) is 30.8. The number of esters is 2. The molecule has 2 N–H and O–H groups in total. The predicted molar refractivity (Wildman–Crippen MR) is 184 cm³/mol. The second-order valence-electron chi connectivity index (χ2n) is 13.6. The maximum absolute atomic E-state index is 12.3. The monoisotopic (exact) mass is 728 g/mol. The molecular formula is C32H44N10O8S. The molecule has 1 aromatic carbocycles. The standard InChI is InChI=1S/C32H44N10O8S/c1-31(2,3)49-29(45)33-21(27(43)47-7)11-9-15-41-17-23(35-39-41)19-13-14-20(26-25(19)37-51-38-26)24-18-42(40-36-24)16-10-12-22(28(44)48-8)34-30(46)50-32(4,5)6/h13-14,17-18,21-22H,9-12,15-16H2,1-8H3,(H,33,45)(H,34,46)/t21-,22-/m0/s1. The number of benzene rings is 1. The van der Waals surface area contributed by atoms with Crippen molar-refractivity contribution in [1.82, 2.24) is 49.4 Å². The number of hydrogen-bond donors (Lipinski definition) is 2. The van der Waals surface area contributed by atoms with Gasteiger partial charge in [0.25, 0.3) is 0 Å². The van der Waals surface area contributed by atoms with Gasteiger partial charge < -0.3 is 29.6 Å². The minimum atomic E-state index is -0.878. The number of amides is 2. The van der Waals surface area contributed by atoms with Gasteiger partial charge in [-0.2, -0.15) is 8.75 Å². The Morgan fingerprint density at radius 1 is 0.706 bits per heavy atom. The van der Waals surface area contributed by atoms with Gasteiger partial charge in [0.1, 0.15) is 45.7 Å². The third-order valence-electron chi connectivity index (χ3n) is 7.16. The first-order chi connectivity index (χ1) is 24.1. The smallest absolute Gasteiger partial charge is 0.408 e. The van der Waals surface area contributed by atoms with E-state index in [1.807, 2.05) is 12.1 Å². The summed E-state index contributed by atoms with van der Waals surface area (Å²) in [6, 6.07) is 1.98. The third kappa shape index (κ3) is 11.1. The van der Waals surface area contributed by atoms with E-state index in [2.05, 4.69) is 40.0 Å². The van der Waals surface area contributed by atoms with Crippen LogP contribution in [0.3, 0.4) is 0 Å². The molecule has 0 fully saturated rings. The molecule has 51 heavy (non-hydrogen) atoms. The Morgan fingerprint density at radius 3 is 1.45 bits per heavy atom. The largest absolute Gasteiger partial charge is 0.467 e. The molecule has 19 heteroatoms. The molecule has 3 heterocycles. The van der Waals surface area contributed by atoms with Crippen LogP contribution in [0.25, 0.3) is 33.5 Å². The predicted octanol–water partition coefficient (Wildman–Crippen LogP) is 3.90. The van der Waals surface area contributed by atoms with Crippen LogP contribution in [0.4, 0.5) is 9.59 Å². The SMILES string of the molecule is COC(=O)[C@H](CCCn1cc(-c2ccc(-c3cn(CCC[C@H](NC(=O)OC(C)(C)C)C(=O)OC)nn3)c3nsnc23)nn1)NC(=O)OC(C)(C)C. The average molecular weight is 729 g/mol. The quantitative estimate of drug-likeness (QED) is 0.139. The highest BCUT2D eigenvalue weighted by atomic mass is 32.1. The molecule has 0 saturated heterocycles. The number of fused-ring (bicyclic) bond motifs is 1. The lowest BCUT2D eigenvalue weighted by atomic mass is 10.0. The summed E-state index contributed by atoms with van der Waals surface area (Å²) in [5, 5.41) is 22.3. The first-order valence-corrected chi connectivity index (χ1v) is 17.0. The van der Waals surface area contributed by atoms with Crippen molar-refractivity contribution in [1.29, 1.82) is 0 Å². The Labute approximate surface area is 298 Å². The number of nitrogens with one attached hydrogen (secondary N) is 2. The molecular weight excluding hydrogens is 684 g/mol. The molecule has 0 bridgehead atoms. The van der Waals surface area contributed by atoms with Crippen LogP contribution in [0.1, 0.15) is 67.2 Å². The summed E-state index contributed by atoms with van der Waals surface area (Å²) in [6.45, 7) is 11.3. The molecule has 0 unspecified atom stereocenters. The number of alkyl carbamates (subject to hydrolysis) is 2. The molecule has 2 atom stereocenters. The van der Waals surface area contributed by atoms with E-state index in [-0.39, 0.29) is 0 Å². The zero-order valence-electron chi connectivity index (χ0n) is 30.0. The van der Waals surface area contributed by atoms with E-state index in [0.29, 0.717) is 61.2 Å². The number of aryl methyl sites for hydroxylation is 2. The maximum atomic E-state index is 12.3.